The van der Waals surface area contributed by atoms with Crippen molar-refractivity contribution >= 4 is 28.2 Å². The second kappa shape index (κ2) is 8.71. The molecule has 1 aromatic heterocycles. The predicted octanol–water partition coefficient (Wildman–Crippen LogP) is 5.16. The van der Waals surface area contributed by atoms with E-state index in [0.717, 1.165) is 16.7 Å². The summed E-state index contributed by atoms with van der Waals surface area (Å²) in [6, 6.07) is 14.8. The second-order valence-corrected chi connectivity index (χ2v) is 7.01. The Kier molecular flexibility index (Phi) is 6.11. The summed E-state index contributed by atoms with van der Waals surface area (Å²) in [4.78, 5) is 25.2. The molecule has 5 nitrogen and oxygen atoms in total. The second-order valence-electron chi connectivity index (χ2n) is 6.13. The van der Waals surface area contributed by atoms with Crippen molar-refractivity contribution in [2.45, 2.75) is 13.8 Å². The van der Waals surface area contributed by atoms with Crippen molar-refractivity contribution in [2.75, 3.05) is 19.0 Å². The number of aryl methyl sites for hydroxylation is 1. The number of anilines is 1. The highest BCUT2D eigenvalue weighted by Crippen LogP contribution is 2.36. The zero-order valence-electron chi connectivity index (χ0n) is 15.9. The molecule has 3 rings (SSSR count). The number of ether oxygens (including phenoxy) is 2. The van der Waals surface area contributed by atoms with E-state index in [2.05, 4.69) is 5.32 Å². The van der Waals surface area contributed by atoms with Crippen LogP contribution in [0.3, 0.4) is 0 Å². The van der Waals surface area contributed by atoms with Crippen LogP contribution in [0.2, 0.25) is 0 Å². The molecule has 0 atom stereocenters. The van der Waals surface area contributed by atoms with Crippen LogP contribution in [0.1, 0.15) is 33.2 Å². The molecule has 6 heteroatoms. The Morgan fingerprint density at radius 2 is 1.89 bits per heavy atom. The molecule has 28 heavy (non-hydrogen) atoms. The van der Waals surface area contributed by atoms with Crippen LogP contribution >= 0.6 is 11.3 Å². The normalized spacial score (nSPS) is 10.4. The number of esters is 1. The minimum Gasteiger partial charge on any atom is -0.494 e. The molecule has 3 aromatic rings. The zero-order valence-corrected chi connectivity index (χ0v) is 16.8. The summed E-state index contributed by atoms with van der Waals surface area (Å²) in [6.07, 6.45) is 0. The van der Waals surface area contributed by atoms with E-state index in [1.165, 1.54) is 18.4 Å². The predicted molar refractivity (Wildman–Crippen MR) is 111 cm³/mol. The van der Waals surface area contributed by atoms with E-state index >= 15 is 0 Å². The number of rotatable bonds is 6. The summed E-state index contributed by atoms with van der Waals surface area (Å²) in [7, 11) is 1.33. The maximum absolute atomic E-state index is 12.7. The van der Waals surface area contributed by atoms with Gasteiger partial charge in [0.15, 0.2) is 0 Å². The number of carbonyl (C=O) groups excluding carboxylic acids is 2. The van der Waals surface area contributed by atoms with Crippen molar-refractivity contribution in [3.8, 4) is 16.9 Å². The van der Waals surface area contributed by atoms with Crippen LogP contribution in [0.25, 0.3) is 11.1 Å². The van der Waals surface area contributed by atoms with Crippen molar-refractivity contribution in [1.29, 1.82) is 0 Å². The minimum absolute atomic E-state index is 0.315. The van der Waals surface area contributed by atoms with Crippen LogP contribution in [0.4, 0.5) is 5.00 Å². The SMILES string of the molecule is CCOc1cccc(C(=O)Nc2scc(-c3cccc(C)c3)c2C(=O)OC)c1. The van der Waals surface area contributed by atoms with Crippen LogP contribution < -0.4 is 10.1 Å². The first-order valence-corrected chi connectivity index (χ1v) is 9.72. The largest absolute Gasteiger partial charge is 0.494 e. The highest BCUT2D eigenvalue weighted by atomic mass is 32.1. The molecule has 0 saturated heterocycles. The Balaban J connectivity index is 1.95. The summed E-state index contributed by atoms with van der Waals surface area (Å²) in [5.74, 6) is -0.185. The number of thiophene rings is 1. The fourth-order valence-electron chi connectivity index (χ4n) is 2.85. The van der Waals surface area contributed by atoms with Gasteiger partial charge in [-0.1, -0.05) is 35.9 Å². The number of nitrogens with one attached hydrogen (secondary N) is 1. The summed E-state index contributed by atoms with van der Waals surface area (Å²) in [5, 5.41) is 5.15. The monoisotopic (exact) mass is 395 g/mol. The summed E-state index contributed by atoms with van der Waals surface area (Å²) in [5.41, 5.74) is 3.52. The number of benzene rings is 2. The molecule has 0 aliphatic rings. The third-order valence-electron chi connectivity index (χ3n) is 4.14. The van der Waals surface area contributed by atoms with Crippen LogP contribution in [-0.4, -0.2) is 25.6 Å². The Hall–Kier alpha value is -3.12. The van der Waals surface area contributed by atoms with Crippen molar-refractivity contribution in [2.24, 2.45) is 0 Å². The number of hydrogen-bond acceptors (Lipinski definition) is 5. The lowest BCUT2D eigenvalue weighted by Gasteiger charge is -2.09. The highest BCUT2D eigenvalue weighted by molar-refractivity contribution is 7.15. The maximum Gasteiger partial charge on any atom is 0.341 e. The van der Waals surface area contributed by atoms with Gasteiger partial charge in [0.1, 0.15) is 16.3 Å². The van der Waals surface area contributed by atoms with Crippen molar-refractivity contribution in [3.63, 3.8) is 0 Å². The van der Waals surface area contributed by atoms with Gasteiger partial charge in [-0.3, -0.25) is 4.79 Å². The standard InChI is InChI=1S/C22H21NO4S/c1-4-27-17-10-6-9-16(12-17)20(24)23-21-19(22(25)26-3)18(13-28-21)15-8-5-7-14(2)11-15/h5-13H,4H2,1-3H3,(H,23,24). The molecular weight excluding hydrogens is 374 g/mol. The first-order valence-electron chi connectivity index (χ1n) is 8.84. The Bertz CT molecular complexity index is 1010. The third-order valence-corrected chi connectivity index (χ3v) is 5.04. The van der Waals surface area contributed by atoms with Crippen molar-refractivity contribution in [3.05, 3.63) is 70.6 Å². The number of carbonyl (C=O) groups is 2. The Morgan fingerprint density at radius 1 is 1.11 bits per heavy atom. The van der Waals surface area contributed by atoms with Gasteiger partial charge in [0, 0.05) is 16.5 Å². The molecule has 1 amide bonds. The molecule has 0 bridgehead atoms. The van der Waals surface area contributed by atoms with E-state index in [1.807, 2.05) is 43.5 Å². The summed E-state index contributed by atoms with van der Waals surface area (Å²) >= 11 is 1.29. The summed E-state index contributed by atoms with van der Waals surface area (Å²) < 4.78 is 10.4. The molecular formula is C22H21NO4S. The molecule has 0 unspecified atom stereocenters. The molecule has 0 radical (unpaired) electrons. The molecule has 144 valence electrons. The molecule has 0 spiro atoms. The third kappa shape index (κ3) is 4.23. The highest BCUT2D eigenvalue weighted by Gasteiger charge is 2.23. The quantitative estimate of drug-likeness (QED) is 0.586. The molecule has 0 aliphatic carbocycles. The van der Waals surface area contributed by atoms with Crippen LogP contribution in [0.15, 0.2) is 53.9 Å². The lowest BCUT2D eigenvalue weighted by molar-refractivity contribution is 0.0603. The molecule has 1 heterocycles. The van der Waals surface area contributed by atoms with E-state index in [0.29, 0.717) is 28.5 Å². The van der Waals surface area contributed by atoms with E-state index in [1.54, 1.807) is 24.3 Å². The van der Waals surface area contributed by atoms with Gasteiger partial charge in [0.25, 0.3) is 5.91 Å². The van der Waals surface area contributed by atoms with Gasteiger partial charge >= 0.3 is 5.97 Å². The van der Waals surface area contributed by atoms with Crippen LogP contribution in [-0.2, 0) is 4.74 Å². The molecule has 0 saturated carbocycles. The molecule has 2 aromatic carbocycles. The van der Waals surface area contributed by atoms with Gasteiger partial charge in [0.05, 0.1) is 13.7 Å². The van der Waals surface area contributed by atoms with Gasteiger partial charge in [-0.15, -0.1) is 11.3 Å². The van der Waals surface area contributed by atoms with E-state index in [4.69, 9.17) is 9.47 Å². The number of amides is 1. The zero-order chi connectivity index (χ0) is 20.1. The molecule has 1 N–H and O–H groups in total. The fourth-order valence-corrected chi connectivity index (χ4v) is 3.80. The van der Waals surface area contributed by atoms with Crippen molar-refractivity contribution < 1.29 is 19.1 Å². The Labute approximate surface area is 167 Å². The van der Waals surface area contributed by atoms with Crippen molar-refractivity contribution in [1.82, 2.24) is 0 Å². The molecule has 0 aliphatic heterocycles. The first kappa shape index (κ1) is 19.6. The average Bonchev–Trinajstić information content (AvgIpc) is 3.11. The van der Waals surface area contributed by atoms with E-state index < -0.39 is 5.97 Å². The van der Waals surface area contributed by atoms with Gasteiger partial charge in [0.2, 0.25) is 0 Å². The maximum atomic E-state index is 12.7. The van der Waals surface area contributed by atoms with Gasteiger partial charge in [-0.2, -0.15) is 0 Å². The number of methoxy groups -OCH3 is 1. The number of hydrogen-bond donors (Lipinski definition) is 1. The first-order chi connectivity index (χ1) is 13.5. The lowest BCUT2D eigenvalue weighted by Crippen LogP contribution is -2.14. The average molecular weight is 395 g/mol. The Morgan fingerprint density at radius 3 is 2.61 bits per heavy atom. The minimum atomic E-state index is -0.490. The van der Waals surface area contributed by atoms with Crippen LogP contribution in [0, 0.1) is 6.92 Å². The smallest absolute Gasteiger partial charge is 0.341 e. The summed E-state index contributed by atoms with van der Waals surface area (Å²) in [6.45, 7) is 4.39. The fraction of sp³-hybridized carbons (Fsp3) is 0.182. The molecule has 0 fully saturated rings. The van der Waals surface area contributed by atoms with Crippen LogP contribution in [0.5, 0.6) is 5.75 Å². The van der Waals surface area contributed by atoms with E-state index in [9.17, 15) is 9.59 Å². The van der Waals surface area contributed by atoms with Gasteiger partial charge < -0.3 is 14.8 Å². The topological polar surface area (TPSA) is 64.6 Å². The lowest BCUT2D eigenvalue weighted by atomic mass is 10.0. The van der Waals surface area contributed by atoms with Gasteiger partial charge in [-0.25, -0.2) is 4.79 Å². The van der Waals surface area contributed by atoms with E-state index in [-0.39, 0.29) is 5.91 Å². The van der Waals surface area contributed by atoms with Gasteiger partial charge in [-0.05, 0) is 37.6 Å².